The van der Waals surface area contributed by atoms with Gasteiger partial charge in [-0.15, -0.1) is 11.6 Å². The average Bonchev–Trinajstić information content (AvgIpc) is 2.68. The van der Waals surface area contributed by atoms with Gasteiger partial charge in [-0.2, -0.15) is 0 Å². The minimum absolute atomic E-state index is 0.00264. The van der Waals surface area contributed by atoms with Crippen LogP contribution in [0.25, 0.3) is 0 Å². The summed E-state index contributed by atoms with van der Waals surface area (Å²) in [6.45, 7) is 1.30. The molecule has 1 aromatic carbocycles. The van der Waals surface area contributed by atoms with Crippen molar-refractivity contribution in [3.8, 4) is 0 Å². The second kappa shape index (κ2) is 8.70. The smallest absolute Gasteiger partial charge is 0.238 e. The van der Waals surface area contributed by atoms with Crippen molar-refractivity contribution in [3.63, 3.8) is 0 Å². The predicted molar refractivity (Wildman–Crippen MR) is 99.5 cm³/mol. The van der Waals surface area contributed by atoms with Crippen LogP contribution in [0.5, 0.6) is 0 Å². The van der Waals surface area contributed by atoms with E-state index in [9.17, 15) is 9.59 Å². The van der Waals surface area contributed by atoms with E-state index in [1.165, 1.54) is 17.5 Å². The molecule has 1 aromatic rings. The molecule has 136 valence electrons. The summed E-state index contributed by atoms with van der Waals surface area (Å²) in [4.78, 5) is 26.5. The monoisotopic (exact) mass is 362 g/mol. The quantitative estimate of drug-likeness (QED) is 0.816. The number of hydrogen-bond acceptors (Lipinski definition) is 2. The molecule has 1 fully saturated rings. The third-order valence-electron chi connectivity index (χ3n) is 5.54. The summed E-state index contributed by atoms with van der Waals surface area (Å²) in [6.07, 6.45) is 7.18. The first-order valence-corrected chi connectivity index (χ1v) is 9.95. The fraction of sp³-hybridized carbons (Fsp3) is 0.600. The zero-order valence-electron chi connectivity index (χ0n) is 14.7. The van der Waals surface area contributed by atoms with Crippen LogP contribution < -0.4 is 5.32 Å². The summed E-state index contributed by atoms with van der Waals surface area (Å²) in [5, 5.41) is 3.10. The molecule has 0 saturated heterocycles. The van der Waals surface area contributed by atoms with Crippen LogP contribution in [-0.4, -0.2) is 35.7 Å². The normalized spacial score (nSPS) is 20.8. The number of nitrogens with one attached hydrogen (secondary N) is 1. The maximum absolute atomic E-state index is 12.3. The molecule has 3 rings (SSSR count). The van der Waals surface area contributed by atoms with Crippen LogP contribution in [0.15, 0.2) is 24.3 Å². The van der Waals surface area contributed by atoms with Crippen LogP contribution in [0, 0.1) is 5.92 Å². The van der Waals surface area contributed by atoms with Crippen molar-refractivity contribution in [1.29, 1.82) is 0 Å². The van der Waals surface area contributed by atoms with E-state index >= 15 is 0 Å². The summed E-state index contributed by atoms with van der Waals surface area (Å²) in [5.41, 5.74) is 2.49. The van der Waals surface area contributed by atoms with Gasteiger partial charge >= 0.3 is 0 Å². The number of hydrogen-bond donors (Lipinski definition) is 1. The number of benzene rings is 1. The van der Waals surface area contributed by atoms with E-state index in [0.717, 1.165) is 38.5 Å². The highest BCUT2D eigenvalue weighted by molar-refractivity contribution is 6.27. The lowest BCUT2D eigenvalue weighted by molar-refractivity contribution is -0.131. The Morgan fingerprint density at radius 2 is 1.92 bits per heavy atom. The van der Waals surface area contributed by atoms with Gasteiger partial charge in [0.25, 0.3) is 0 Å². The van der Waals surface area contributed by atoms with Crippen molar-refractivity contribution >= 4 is 23.4 Å². The van der Waals surface area contributed by atoms with Gasteiger partial charge in [-0.1, -0.05) is 43.5 Å². The molecule has 2 aliphatic rings. The topological polar surface area (TPSA) is 49.4 Å². The lowest BCUT2D eigenvalue weighted by Crippen LogP contribution is -2.42. The van der Waals surface area contributed by atoms with Crippen molar-refractivity contribution in [1.82, 2.24) is 10.2 Å². The highest BCUT2D eigenvalue weighted by Gasteiger charge is 2.30. The molecule has 0 spiro atoms. The first-order valence-electron chi connectivity index (χ1n) is 9.41. The second-order valence-electron chi connectivity index (χ2n) is 7.10. The number of alkyl halides is 1. The SMILES string of the molecule is O=C(NCC[C@H]1c2ccccc2CCN1C(=O)CCl)C1CCCCC1. The summed E-state index contributed by atoms with van der Waals surface area (Å²) in [7, 11) is 0. The largest absolute Gasteiger partial charge is 0.356 e. The van der Waals surface area contributed by atoms with Crippen molar-refractivity contribution in [2.45, 2.75) is 51.0 Å². The molecule has 1 N–H and O–H groups in total. The van der Waals surface area contributed by atoms with Gasteiger partial charge in [-0.3, -0.25) is 9.59 Å². The Morgan fingerprint density at radius 1 is 1.16 bits per heavy atom. The van der Waals surface area contributed by atoms with Crippen LogP contribution in [0.1, 0.15) is 55.7 Å². The van der Waals surface area contributed by atoms with Crippen LogP contribution in [-0.2, 0) is 16.0 Å². The minimum Gasteiger partial charge on any atom is -0.356 e. The number of rotatable bonds is 5. The molecule has 25 heavy (non-hydrogen) atoms. The van der Waals surface area contributed by atoms with Gasteiger partial charge in [0.05, 0.1) is 6.04 Å². The Balaban J connectivity index is 1.63. The van der Waals surface area contributed by atoms with Gasteiger partial charge in [0.15, 0.2) is 0 Å². The fourth-order valence-corrected chi connectivity index (χ4v) is 4.33. The highest BCUT2D eigenvalue weighted by atomic mass is 35.5. The molecule has 1 atom stereocenters. The van der Waals surface area contributed by atoms with Crippen molar-refractivity contribution in [2.75, 3.05) is 19.0 Å². The molecule has 4 nitrogen and oxygen atoms in total. The zero-order chi connectivity index (χ0) is 17.6. The molecule has 0 radical (unpaired) electrons. The van der Waals surface area contributed by atoms with E-state index in [-0.39, 0.29) is 29.7 Å². The molecule has 1 aliphatic carbocycles. The van der Waals surface area contributed by atoms with Gasteiger partial charge in [-0.05, 0) is 36.8 Å². The maximum Gasteiger partial charge on any atom is 0.238 e. The number of amides is 2. The van der Waals surface area contributed by atoms with Gasteiger partial charge in [0, 0.05) is 19.0 Å². The third kappa shape index (κ3) is 4.35. The van der Waals surface area contributed by atoms with E-state index in [0.29, 0.717) is 13.1 Å². The number of fused-ring (bicyclic) bond motifs is 1. The standard InChI is InChI=1S/C20H27ClN2O2/c21-14-19(24)23-13-11-15-6-4-5-9-17(15)18(23)10-12-22-20(25)16-7-2-1-3-8-16/h4-6,9,16,18H,1-3,7-8,10-14H2,(H,22,25)/t18-/m0/s1. The number of carbonyl (C=O) groups excluding carboxylic acids is 2. The minimum atomic E-state index is -0.0280. The zero-order valence-corrected chi connectivity index (χ0v) is 15.4. The van der Waals surface area contributed by atoms with E-state index < -0.39 is 0 Å². The fourth-order valence-electron chi connectivity index (χ4n) is 4.18. The van der Waals surface area contributed by atoms with E-state index in [2.05, 4.69) is 17.4 Å². The third-order valence-corrected chi connectivity index (χ3v) is 5.77. The van der Waals surface area contributed by atoms with Gasteiger partial charge < -0.3 is 10.2 Å². The van der Waals surface area contributed by atoms with Gasteiger partial charge in [0.1, 0.15) is 5.88 Å². The Morgan fingerprint density at radius 3 is 2.68 bits per heavy atom. The molecule has 5 heteroatoms. The maximum atomic E-state index is 12.3. The second-order valence-corrected chi connectivity index (χ2v) is 7.37. The number of nitrogens with zero attached hydrogens (tertiary/aromatic N) is 1. The predicted octanol–water partition coefficient (Wildman–Crippen LogP) is 3.44. The average molecular weight is 363 g/mol. The summed E-state index contributed by atoms with van der Waals surface area (Å²) in [6, 6.07) is 8.28. The number of carbonyl (C=O) groups is 2. The first-order chi connectivity index (χ1) is 12.2. The van der Waals surface area contributed by atoms with Crippen molar-refractivity contribution < 1.29 is 9.59 Å². The molecule has 1 heterocycles. The summed E-state index contributed by atoms with van der Waals surface area (Å²) in [5.74, 6) is 0.333. The summed E-state index contributed by atoms with van der Waals surface area (Å²) < 4.78 is 0. The van der Waals surface area contributed by atoms with Crippen molar-refractivity contribution in [3.05, 3.63) is 35.4 Å². The molecule has 0 bridgehead atoms. The molecule has 1 saturated carbocycles. The van der Waals surface area contributed by atoms with Crippen LogP contribution in [0.3, 0.4) is 0 Å². The van der Waals surface area contributed by atoms with E-state index in [4.69, 9.17) is 11.6 Å². The van der Waals surface area contributed by atoms with E-state index in [1.807, 2.05) is 17.0 Å². The number of halogens is 1. The van der Waals surface area contributed by atoms with Crippen molar-refractivity contribution in [2.24, 2.45) is 5.92 Å². The van der Waals surface area contributed by atoms with Crippen LogP contribution in [0.2, 0.25) is 0 Å². The summed E-state index contributed by atoms with van der Waals surface area (Å²) >= 11 is 5.80. The lowest BCUT2D eigenvalue weighted by Gasteiger charge is -2.37. The molecule has 0 aromatic heterocycles. The Labute approximate surface area is 154 Å². The molecular formula is C20H27ClN2O2. The Kier molecular flexibility index (Phi) is 6.35. The van der Waals surface area contributed by atoms with Crippen LogP contribution in [0.4, 0.5) is 0 Å². The van der Waals surface area contributed by atoms with Gasteiger partial charge in [0.2, 0.25) is 11.8 Å². The van der Waals surface area contributed by atoms with E-state index in [1.54, 1.807) is 0 Å². The highest BCUT2D eigenvalue weighted by Crippen LogP contribution is 2.32. The lowest BCUT2D eigenvalue weighted by atomic mass is 9.88. The molecule has 0 unspecified atom stereocenters. The first kappa shape index (κ1) is 18.2. The van der Waals surface area contributed by atoms with Gasteiger partial charge in [-0.25, -0.2) is 0 Å². The molecule has 1 aliphatic heterocycles. The van der Waals surface area contributed by atoms with Crippen LogP contribution >= 0.6 is 11.6 Å². The molecule has 2 amide bonds. The Bertz CT molecular complexity index is 613. The Hall–Kier alpha value is -1.55. The molecular weight excluding hydrogens is 336 g/mol.